The topological polar surface area (TPSA) is 61.4 Å². The highest BCUT2D eigenvalue weighted by molar-refractivity contribution is 5.94. The zero-order valence-electron chi connectivity index (χ0n) is 12.9. The molecule has 0 aliphatic heterocycles. The van der Waals surface area contributed by atoms with Gasteiger partial charge in [0.1, 0.15) is 0 Å². The molecular formula is C18H22N2O2. The zero-order chi connectivity index (χ0) is 15.9. The number of rotatable bonds is 5. The lowest BCUT2D eigenvalue weighted by Gasteiger charge is -2.20. The van der Waals surface area contributed by atoms with Crippen molar-refractivity contribution in [1.82, 2.24) is 5.32 Å². The van der Waals surface area contributed by atoms with Gasteiger partial charge in [-0.15, -0.1) is 0 Å². The summed E-state index contributed by atoms with van der Waals surface area (Å²) in [7, 11) is 0. The number of benzene rings is 2. The third-order valence-electron chi connectivity index (χ3n) is 3.76. The van der Waals surface area contributed by atoms with E-state index in [1.54, 1.807) is 0 Å². The quantitative estimate of drug-likeness (QED) is 0.791. The number of carbonyl (C=O) groups is 1. The number of aliphatic hydroxyl groups is 1. The van der Waals surface area contributed by atoms with Gasteiger partial charge in [0.15, 0.2) is 0 Å². The van der Waals surface area contributed by atoms with Crippen molar-refractivity contribution in [2.45, 2.75) is 19.9 Å². The normalized spacial score (nSPS) is 13.2. The van der Waals surface area contributed by atoms with Gasteiger partial charge in [-0.1, -0.05) is 55.5 Å². The van der Waals surface area contributed by atoms with Crippen LogP contribution in [-0.4, -0.2) is 23.8 Å². The molecule has 3 N–H and O–H groups in total. The lowest BCUT2D eigenvalue weighted by atomic mass is 10.0. The van der Waals surface area contributed by atoms with Crippen molar-refractivity contribution in [3.63, 3.8) is 0 Å². The molecule has 2 rings (SSSR count). The fraction of sp³-hybridized carbons (Fsp3) is 0.278. The minimum Gasteiger partial charge on any atom is -0.396 e. The van der Waals surface area contributed by atoms with E-state index in [-0.39, 0.29) is 24.6 Å². The third-order valence-corrected chi connectivity index (χ3v) is 3.76. The van der Waals surface area contributed by atoms with Crippen molar-refractivity contribution < 1.29 is 9.90 Å². The Hall–Kier alpha value is -2.33. The van der Waals surface area contributed by atoms with Gasteiger partial charge in [-0.25, -0.2) is 4.79 Å². The van der Waals surface area contributed by atoms with Crippen molar-refractivity contribution >= 4 is 11.7 Å². The number of amides is 2. The molecule has 0 saturated heterocycles. The average molecular weight is 298 g/mol. The molecule has 2 unspecified atom stereocenters. The maximum Gasteiger partial charge on any atom is 0.319 e. The molecule has 0 heterocycles. The van der Waals surface area contributed by atoms with Gasteiger partial charge < -0.3 is 15.7 Å². The SMILES string of the molecule is CC(CO)C(C)NC(=O)Nc1ccccc1-c1ccccc1. The summed E-state index contributed by atoms with van der Waals surface area (Å²) >= 11 is 0. The van der Waals surface area contributed by atoms with Crippen molar-refractivity contribution in [3.05, 3.63) is 54.6 Å². The second kappa shape index (κ2) is 7.61. The highest BCUT2D eigenvalue weighted by atomic mass is 16.3. The molecule has 0 bridgehead atoms. The zero-order valence-corrected chi connectivity index (χ0v) is 12.9. The van der Waals surface area contributed by atoms with E-state index in [2.05, 4.69) is 10.6 Å². The molecule has 0 aliphatic carbocycles. The maximum absolute atomic E-state index is 12.1. The molecule has 0 aromatic heterocycles. The molecule has 0 aliphatic rings. The molecule has 2 atom stereocenters. The summed E-state index contributed by atoms with van der Waals surface area (Å²) in [5, 5.41) is 14.9. The predicted molar refractivity (Wildman–Crippen MR) is 89.7 cm³/mol. The molecule has 116 valence electrons. The summed E-state index contributed by atoms with van der Waals surface area (Å²) in [6.45, 7) is 3.81. The van der Waals surface area contributed by atoms with Crippen LogP contribution in [-0.2, 0) is 0 Å². The van der Waals surface area contributed by atoms with Crippen molar-refractivity contribution in [2.75, 3.05) is 11.9 Å². The Morgan fingerprint density at radius 3 is 2.36 bits per heavy atom. The van der Waals surface area contributed by atoms with Crippen LogP contribution < -0.4 is 10.6 Å². The summed E-state index contributed by atoms with van der Waals surface area (Å²) in [5.41, 5.74) is 2.78. The summed E-state index contributed by atoms with van der Waals surface area (Å²) in [4.78, 5) is 12.1. The van der Waals surface area contributed by atoms with Gasteiger partial charge in [-0.05, 0) is 24.5 Å². The number of nitrogens with one attached hydrogen (secondary N) is 2. The number of urea groups is 1. The Balaban J connectivity index is 2.12. The lowest BCUT2D eigenvalue weighted by Crippen LogP contribution is -2.40. The molecule has 0 radical (unpaired) electrons. The second-order valence-corrected chi connectivity index (χ2v) is 5.46. The first-order chi connectivity index (χ1) is 10.6. The lowest BCUT2D eigenvalue weighted by molar-refractivity contribution is 0.204. The van der Waals surface area contributed by atoms with E-state index in [9.17, 15) is 4.79 Å². The minimum atomic E-state index is -0.267. The Morgan fingerprint density at radius 2 is 1.68 bits per heavy atom. The highest BCUT2D eigenvalue weighted by Crippen LogP contribution is 2.27. The van der Waals surface area contributed by atoms with E-state index in [0.29, 0.717) is 0 Å². The number of anilines is 1. The molecule has 0 saturated carbocycles. The largest absolute Gasteiger partial charge is 0.396 e. The van der Waals surface area contributed by atoms with Crippen LogP contribution in [0.5, 0.6) is 0 Å². The highest BCUT2D eigenvalue weighted by Gasteiger charge is 2.14. The molecule has 2 aromatic rings. The van der Waals surface area contributed by atoms with E-state index in [1.165, 1.54) is 0 Å². The van der Waals surface area contributed by atoms with E-state index < -0.39 is 0 Å². The summed E-state index contributed by atoms with van der Waals surface area (Å²) in [6.07, 6.45) is 0. The molecule has 4 nitrogen and oxygen atoms in total. The van der Waals surface area contributed by atoms with Gasteiger partial charge >= 0.3 is 6.03 Å². The van der Waals surface area contributed by atoms with Crippen LogP contribution in [0.2, 0.25) is 0 Å². The van der Waals surface area contributed by atoms with E-state index >= 15 is 0 Å². The number of hydrogen-bond donors (Lipinski definition) is 3. The van der Waals surface area contributed by atoms with Crippen molar-refractivity contribution in [1.29, 1.82) is 0 Å². The Morgan fingerprint density at radius 1 is 1.05 bits per heavy atom. The first-order valence-electron chi connectivity index (χ1n) is 7.44. The van der Waals surface area contributed by atoms with Crippen LogP contribution in [0.15, 0.2) is 54.6 Å². The van der Waals surface area contributed by atoms with Crippen LogP contribution in [0.1, 0.15) is 13.8 Å². The van der Waals surface area contributed by atoms with Crippen LogP contribution in [0.25, 0.3) is 11.1 Å². The molecule has 2 aromatic carbocycles. The van der Waals surface area contributed by atoms with Gasteiger partial charge in [0.25, 0.3) is 0 Å². The van der Waals surface area contributed by atoms with Crippen LogP contribution in [0.3, 0.4) is 0 Å². The fourth-order valence-electron chi connectivity index (χ4n) is 2.13. The molecular weight excluding hydrogens is 276 g/mol. The minimum absolute atomic E-state index is 0.00937. The Bertz CT molecular complexity index is 613. The molecule has 0 fully saturated rings. The van der Waals surface area contributed by atoms with Crippen LogP contribution >= 0.6 is 0 Å². The van der Waals surface area contributed by atoms with Crippen LogP contribution in [0.4, 0.5) is 10.5 Å². The Kier molecular flexibility index (Phi) is 5.55. The summed E-state index contributed by atoms with van der Waals surface area (Å²) in [5.74, 6) is 0.00937. The number of carbonyl (C=O) groups excluding carboxylic acids is 1. The third kappa shape index (κ3) is 4.09. The van der Waals surface area contributed by atoms with Crippen LogP contribution in [0, 0.1) is 5.92 Å². The predicted octanol–water partition coefficient (Wildman–Crippen LogP) is 3.49. The standard InChI is InChI=1S/C18H22N2O2/c1-13(12-21)14(2)19-18(22)20-17-11-7-6-10-16(17)15-8-4-3-5-9-15/h3-11,13-14,21H,12H2,1-2H3,(H2,19,20,22). The first kappa shape index (κ1) is 16.0. The monoisotopic (exact) mass is 298 g/mol. The second-order valence-electron chi connectivity index (χ2n) is 5.46. The van der Waals surface area contributed by atoms with Crippen molar-refractivity contribution in [2.24, 2.45) is 5.92 Å². The van der Waals surface area contributed by atoms with Gasteiger partial charge in [0.05, 0.1) is 5.69 Å². The number of aliphatic hydroxyl groups excluding tert-OH is 1. The smallest absolute Gasteiger partial charge is 0.319 e. The van der Waals surface area contributed by atoms with Gasteiger partial charge in [0.2, 0.25) is 0 Å². The average Bonchev–Trinajstić information content (AvgIpc) is 2.55. The van der Waals surface area contributed by atoms with E-state index in [0.717, 1.165) is 16.8 Å². The van der Waals surface area contributed by atoms with Crippen molar-refractivity contribution in [3.8, 4) is 11.1 Å². The molecule has 4 heteroatoms. The van der Waals surface area contributed by atoms with E-state index in [4.69, 9.17) is 5.11 Å². The number of para-hydroxylation sites is 1. The summed E-state index contributed by atoms with van der Waals surface area (Å²) < 4.78 is 0. The summed E-state index contributed by atoms with van der Waals surface area (Å²) in [6, 6.07) is 17.2. The van der Waals surface area contributed by atoms with Gasteiger partial charge in [-0.2, -0.15) is 0 Å². The number of hydrogen-bond acceptors (Lipinski definition) is 2. The fourth-order valence-corrected chi connectivity index (χ4v) is 2.13. The Labute approximate surface area is 131 Å². The van der Waals surface area contributed by atoms with Gasteiger partial charge in [0, 0.05) is 18.2 Å². The molecule has 2 amide bonds. The van der Waals surface area contributed by atoms with E-state index in [1.807, 2.05) is 68.4 Å². The van der Waals surface area contributed by atoms with Gasteiger partial charge in [-0.3, -0.25) is 0 Å². The molecule has 22 heavy (non-hydrogen) atoms. The molecule has 0 spiro atoms. The first-order valence-corrected chi connectivity index (χ1v) is 7.44. The maximum atomic E-state index is 12.1.